The Bertz CT molecular complexity index is 482. The molecule has 0 saturated carbocycles. The van der Waals surface area contributed by atoms with Gasteiger partial charge >= 0.3 is 0 Å². The molecule has 0 aromatic heterocycles. The summed E-state index contributed by atoms with van der Waals surface area (Å²) in [5.41, 5.74) is 0.811. The molecule has 0 N–H and O–H groups in total. The third-order valence-electron chi connectivity index (χ3n) is 2.73. The van der Waals surface area contributed by atoms with E-state index >= 15 is 0 Å². The summed E-state index contributed by atoms with van der Waals surface area (Å²) in [5.74, 6) is 0. The Morgan fingerprint density at radius 2 is 1.95 bits per heavy atom. The first-order valence-electron chi connectivity index (χ1n) is 6.95. The molecule has 0 aliphatic rings. The minimum Gasteiger partial charge on any atom is -0.383 e. The third kappa shape index (κ3) is 6.74. The Morgan fingerprint density at radius 3 is 2.52 bits per heavy atom. The minimum absolute atomic E-state index is 0.416. The lowest BCUT2D eigenvalue weighted by Gasteiger charge is -2.19. The first-order chi connectivity index (χ1) is 10.2. The number of methoxy groups -OCH3 is 1. The molecule has 0 aliphatic carbocycles. The third-order valence-corrected chi connectivity index (χ3v) is 7.97. The normalized spacial score (nSPS) is 15.8. The smallest absolute Gasteiger partial charge is 0.274 e. The van der Waals surface area contributed by atoms with Crippen LogP contribution in [-0.2, 0) is 9.26 Å². The van der Waals surface area contributed by atoms with E-state index in [2.05, 4.69) is 28.6 Å². The number of hydrogen-bond acceptors (Lipinski definition) is 5. The van der Waals surface area contributed by atoms with E-state index in [4.69, 9.17) is 9.26 Å². The van der Waals surface area contributed by atoms with Crippen LogP contribution in [0.4, 0.5) is 5.69 Å². The summed E-state index contributed by atoms with van der Waals surface area (Å²) in [6, 6.07) is 9.65. The van der Waals surface area contributed by atoms with Crippen molar-refractivity contribution >= 4 is 23.7 Å². The quantitative estimate of drug-likeness (QED) is 0.339. The predicted molar refractivity (Wildman–Crippen MR) is 91.4 cm³/mol. The molecule has 0 aliphatic heterocycles. The van der Waals surface area contributed by atoms with Gasteiger partial charge in [-0.3, -0.25) is 0 Å². The molecular formula is C14H24N3O2PS. The fourth-order valence-electron chi connectivity index (χ4n) is 1.39. The van der Waals surface area contributed by atoms with Crippen molar-refractivity contribution in [2.24, 2.45) is 14.7 Å². The van der Waals surface area contributed by atoms with Crippen LogP contribution in [-0.4, -0.2) is 32.6 Å². The van der Waals surface area contributed by atoms with Gasteiger partial charge in [0.25, 0.3) is 6.63 Å². The fraction of sp³-hybridized carbons (Fsp3) is 0.571. The first-order valence-corrected chi connectivity index (χ1v) is 10.0. The van der Waals surface area contributed by atoms with Crippen molar-refractivity contribution in [2.75, 3.05) is 27.4 Å². The predicted octanol–water partition coefficient (Wildman–Crippen LogP) is 5.54. The minimum atomic E-state index is -2.32. The SMILES string of the molecule is CCC(C)SP(N=Nc1ccccc1)(=NCCOC)OC. The second kappa shape index (κ2) is 10.1. The molecule has 0 heterocycles. The van der Waals surface area contributed by atoms with E-state index in [-0.39, 0.29) is 0 Å². The van der Waals surface area contributed by atoms with Crippen LogP contribution in [0.2, 0.25) is 0 Å². The number of rotatable bonds is 9. The van der Waals surface area contributed by atoms with E-state index in [9.17, 15) is 0 Å². The van der Waals surface area contributed by atoms with Gasteiger partial charge in [-0.15, -0.1) is 10.00 Å². The van der Waals surface area contributed by atoms with Gasteiger partial charge in [0.05, 0.1) is 18.8 Å². The van der Waals surface area contributed by atoms with Crippen molar-refractivity contribution in [3.05, 3.63) is 30.3 Å². The molecule has 118 valence electrons. The van der Waals surface area contributed by atoms with Crippen LogP contribution in [0.3, 0.4) is 0 Å². The van der Waals surface area contributed by atoms with Gasteiger partial charge in [-0.05, 0) is 18.6 Å². The molecule has 0 radical (unpaired) electrons. The van der Waals surface area contributed by atoms with Gasteiger partial charge in [0, 0.05) is 19.5 Å². The summed E-state index contributed by atoms with van der Waals surface area (Å²) in [5, 5.41) is 4.73. The molecule has 1 rings (SSSR count). The second-order valence-corrected chi connectivity index (χ2v) is 9.26. The summed E-state index contributed by atoms with van der Waals surface area (Å²) in [6.07, 6.45) is 1.04. The van der Waals surface area contributed by atoms with Crippen LogP contribution < -0.4 is 0 Å². The van der Waals surface area contributed by atoms with E-state index in [1.807, 2.05) is 30.3 Å². The van der Waals surface area contributed by atoms with Gasteiger partial charge in [0.2, 0.25) is 0 Å². The zero-order valence-electron chi connectivity index (χ0n) is 13.1. The van der Waals surface area contributed by atoms with Crippen LogP contribution in [0.15, 0.2) is 45.1 Å². The highest BCUT2D eigenvalue weighted by molar-refractivity contribution is 8.57. The molecule has 1 aromatic carbocycles. The van der Waals surface area contributed by atoms with Gasteiger partial charge in [-0.25, -0.2) is 4.74 Å². The summed E-state index contributed by atoms with van der Waals surface area (Å²) >= 11 is 1.67. The monoisotopic (exact) mass is 329 g/mol. The van der Waals surface area contributed by atoms with Crippen LogP contribution in [0, 0.1) is 0 Å². The lowest BCUT2D eigenvalue weighted by molar-refractivity contribution is 0.208. The zero-order valence-corrected chi connectivity index (χ0v) is 14.8. The van der Waals surface area contributed by atoms with E-state index in [1.54, 1.807) is 25.6 Å². The second-order valence-electron chi connectivity index (χ2n) is 4.38. The van der Waals surface area contributed by atoms with Gasteiger partial charge in [0.1, 0.15) is 0 Å². The summed E-state index contributed by atoms with van der Waals surface area (Å²) in [6.45, 7) is 3.10. The Kier molecular flexibility index (Phi) is 8.85. The molecule has 5 nitrogen and oxygen atoms in total. The molecule has 7 heteroatoms. The Morgan fingerprint density at radius 1 is 1.24 bits per heavy atom. The average Bonchev–Trinajstić information content (AvgIpc) is 2.53. The highest BCUT2D eigenvalue weighted by Gasteiger charge is 2.22. The number of nitrogens with zero attached hydrogens (tertiary/aromatic N) is 3. The molecule has 0 spiro atoms. The summed E-state index contributed by atoms with van der Waals surface area (Å²) in [7, 11) is 3.32. The summed E-state index contributed by atoms with van der Waals surface area (Å²) in [4.78, 5) is 4.46. The molecule has 0 bridgehead atoms. The molecule has 2 unspecified atom stereocenters. The van der Waals surface area contributed by atoms with Gasteiger partial charge in [-0.2, -0.15) is 0 Å². The first kappa shape index (κ1) is 18.4. The van der Waals surface area contributed by atoms with Crippen molar-refractivity contribution in [1.82, 2.24) is 0 Å². The van der Waals surface area contributed by atoms with Gasteiger partial charge in [-0.1, -0.05) is 43.4 Å². The lowest BCUT2D eigenvalue weighted by Crippen LogP contribution is -1.96. The number of benzene rings is 1. The topological polar surface area (TPSA) is 55.5 Å². The van der Waals surface area contributed by atoms with E-state index in [0.717, 1.165) is 12.1 Å². The largest absolute Gasteiger partial charge is 0.383 e. The van der Waals surface area contributed by atoms with Crippen LogP contribution in [0.5, 0.6) is 0 Å². The molecule has 1 aromatic rings. The van der Waals surface area contributed by atoms with Crippen LogP contribution >= 0.6 is 18.0 Å². The van der Waals surface area contributed by atoms with Crippen molar-refractivity contribution in [1.29, 1.82) is 0 Å². The van der Waals surface area contributed by atoms with E-state index < -0.39 is 6.63 Å². The van der Waals surface area contributed by atoms with Crippen LogP contribution in [0.1, 0.15) is 20.3 Å². The fourth-order valence-corrected chi connectivity index (χ4v) is 5.79. The van der Waals surface area contributed by atoms with E-state index in [1.165, 1.54) is 0 Å². The molecule has 21 heavy (non-hydrogen) atoms. The van der Waals surface area contributed by atoms with Gasteiger partial charge < -0.3 is 9.26 Å². The molecule has 0 saturated heterocycles. The summed E-state index contributed by atoms with van der Waals surface area (Å²) < 4.78 is 15.4. The van der Waals surface area contributed by atoms with Crippen molar-refractivity contribution in [2.45, 2.75) is 25.5 Å². The number of hydrogen-bond donors (Lipinski definition) is 0. The zero-order chi connectivity index (χ0) is 15.6. The lowest BCUT2D eigenvalue weighted by atomic mass is 10.3. The van der Waals surface area contributed by atoms with Crippen molar-refractivity contribution in [3.8, 4) is 0 Å². The number of ether oxygens (including phenoxy) is 1. The Labute approximate surface area is 131 Å². The highest BCUT2D eigenvalue weighted by atomic mass is 32.7. The molecule has 2 atom stereocenters. The molecular weight excluding hydrogens is 305 g/mol. The van der Waals surface area contributed by atoms with Gasteiger partial charge in [0.15, 0.2) is 0 Å². The molecule has 0 amide bonds. The van der Waals surface area contributed by atoms with Crippen molar-refractivity contribution in [3.63, 3.8) is 0 Å². The highest BCUT2D eigenvalue weighted by Crippen LogP contribution is 2.66. The van der Waals surface area contributed by atoms with E-state index in [0.29, 0.717) is 18.4 Å². The maximum atomic E-state index is 5.67. The Balaban J connectivity index is 2.98. The molecule has 0 fully saturated rings. The average molecular weight is 329 g/mol. The maximum Gasteiger partial charge on any atom is 0.274 e. The maximum absolute atomic E-state index is 5.67. The van der Waals surface area contributed by atoms with Crippen molar-refractivity contribution < 1.29 is 9.26 Å². The standard InChI is InChI=1S/C14H24N3O2PS/c1-5-13(2)21-20(19-4,15-11-12-18-3)17-16-14-9-7-6-8-10-14/h6-10,13H,5,11-12H2,1-4H3. The Hall–Kier alpha value is -0.680. The van der Waals surface area contributed by atoms with Crippen LogP contribution in [0.25, 0.3) is 0 Å².